The van der Waals surface area contributed by atoms with Gasteiger partial charge in [0.1, 0.15) is 6.20 Å². The van der Waals surface area contributed by atoms with Gasteiger partial charge in [0.2, 0.25) is 5.65 Å². The highest BCUT2D eigenvalue weighted by Gasteiger charge is 2.17. The van der Waals surface area contributed by atoms with Crippen molar-refractivity contribution in [3.05, 3.63) is 61.8 Å². The summed E-state index contributed by atoms with van der Waals surface area (Å²) in [5, 5.41) is 18.6. The van der Waals surface area contributed by atoms with E-state index in [-0.39, 0.29) is 5.82 Å². The second-order valence-corrected chi connectivity index (χ2v) is 6.32. The van der Waals surface area contributed by atoms with E-state index in [1.165, 1.54) is 44.1 Å². The minimum absolute atomic E-state index is 0.145. The summed E-state index contributed by atoms with van der Waals surface area (Å²) in [6.45, 7) is 11.3. The summed E-state index contributed by atoms with van der Waals surface area (Å²) in [5.74, 6) is 0.427. The van der Waals surface area contributed by atoms with Gasteiger partial charge < -0.3 is 15.4 Å². The molecule has 0 aliphatic heterocycles. The summed E-state index contributed by atoms with van der Waals surface area (Å²) in [6.07, 6.45) is 1.22. The summed E-state index contributed by atoms with van der Waals surface area (Å²) in [4.78, 5) is 14.6. The first kappa shape index (κ1) is 16.9. The molecule has 1 aromatic carbocycles. The van der Waals surface area contributed by atoms with Crippen LogP contribution in [-0.4, -0.2) is 19.5 Å². The van der Waals surface area contributed by atoms with Gasteiger partial charge in [-0.1, -0.05) is 9.61 Å². The van der Waals surface area contributed by atoms with Crippen molar-refractivity contribution in [3.8, 4) is 0 Å². The lowest BCUT2D eigenvalue weighted by Crippen LogP contribution is -2.10. The Labute approximate surface area is 145 Å². The summed E-state index contributed by atoms with van der Waals surface area (Å²) < 4.78 is 1.24. The Morgan fingerprint density at radius 2 is 1.64 bits per heavy atom. The molecule has 0 aliphatic carbocycles. The van der Waals surface area contributed by atoms with Gasteiger partial charge in [0.15, 0.2) is 5.82 Å². The van der Waals surface area contributed by atoms with Gasteiger partial charge in [-0.05, 0) is 79.0 Å². The molecule has 2 heterocycles. The number of nitrogens with zero attached hydrogens (tertiary/aromatic N) is 4. The molecule has 1 N–H and O–H groups in total. The fourth-order valence-corrected chi connectivity index (χ4v) is 3.10. The van der Waals surface area contributed by atoms with Gasteiger partial charge >= 0.3 is 5.82 Å². The first-order valence-corrected chi connectivity index (χ1v) is 8.10. The third-order valence-corrected chi connectivity index (χ3v) is 5.13. The Morgan fingerprint density at radius 1 is 1.04 bits per heavy atom. The zero-order chi connectivity index (χ0) is 18.3. The molecule has 0 atom stereocenters. The lowest BCUT2D eigenvalue weighted by Gasteiger charge is -2.19. The maximum absolute atomic E-state index is 11.0. The van der Waals surface area contributed by atoms with E-state index < -0.39 is 4.92 Å². The Balaban J connectivity index is 1.93. The summed E-state index contributed by atoms with van der Waals surface area (Å²) >= 11 is 0. The number of aromatic nitrogens is 3. The predicted octanol–water partition coefficient (Wildman–Crippen LogP) is 3.79. The molecule has 0 amide bonds. The molecule has 7 nitrogen and oxygen atoms in total. The minimum atomic E-state index is -0.488. The van der Waals surface area contributed by atoms with Crippen molar-refractivity contribution in [3.63, 3.8) is 0 Å². The van der Waals surface area contributed by atoms with Crippen LogP contribution in [0.15, 0.2) is 18.3 Å². The third-order valence-electron chi connectivity index (χ3n) is 5.13. The number of nitrogens with one attached hydrogen (secondary N) is 1. The molecule has 0 fully saturated rings. The third kappa shape index (κ3) is 2.82. The van der Waals surface area contributed by atoms with E-state index in [2.05, 4.69) is 50.0 Å². The Kier molecular flexibility index (Phi) is 4.16. The minimum Gasteiger partial charge on any atom is -0.363 e. The van der Waals surface area contributed by atoms with Crippen molar-refractivity contribution in [1.29, 1.82) is 0 Å². The number of rotatable bonds is 4. The lowest BCUT2D eigenvalue weighted by atomic mass is 9.89. The smallest absolute Gasteiger partial charge is 0.363 e. The first-order valence-electron chi connectivity index (χ1n) is 8.10. The molecular weight excluding hydrogens is 318 g/mol. The van der Waals surface area contributed by atoms with Crippen LogP contribution in [0.4, 0.5) is 11.6 Å². The molecule has 0 bridgehead atoms. The molecular formula is C18H21N5O2. The molecule has 0 saturated heterocycles. The van der Waals surface area contributed by atoms with Crippen LogP contribution >= 0.6 is 0 Å². The molecule has 0 aliphatic rings. The van der Waals surface area contributed by atoms with Crippen LogP contribution in [0, 0.1) is 44.7 Å². The topological polar surface area (TPSA) is 85.4 Å². The van der Waals surface area contributed by atoms with Crippen molar-refractivity contribution in [2.24, 2.45) is 0 Å². The molecule has 0 spiro atoms. The summed E-state index contributed by atoms with van der Waals surface area (Å²) in [7, 11) is 0. The Hall–Kier alpha value is -2.96. The van der Waals surface area contributed by atoms with E-state index in [1.807, 2.05) is 0 Å². The fourth-order valence-electron chi connectivity index (χ4n) is 3.10. The quantitative estimate of drug-likeness (QED) is 0.577. The second kappa shape index (κ2) is 6.16. The summed E-state index contributed by atoms with van der Waals surface area (Å²) in [5.41, 5.74) is 8.15. The highest BCUT2D eigenvalue weighted by atomic mass is 16.6. The largest absolute Gasteiger partial charge is 0.368 e. The molecule has 0 saturated carbocycles. The number of nitro groups is 1. The first-order chi connectivity index (χ1) is 11.8. The molecule has 3 rings (SSSR count). The van der Waals surface area contributed by atoms with E-state index in [4.69, 9.17) is 0 Å². The zero-order valence-electron chi connectivity index (χ0n) is 15.0. The van der Waals surface area contributed by atoms with Crippen LogP contribution in [0.2, 0.25) is 0 Å². The van der Waals surface area contributed by atoms with Gasteiger partial charge in [-0.25, -0.2) is 4.98 Å². The molecule has 3 aromatic rings. The van der Waals surface area contributed by atoms with Crippen molar-refractivity contribution in [2.75, 3.05) is 5.32 Å². The number of benzene rings is 1. The molecule has 2 aromatic heterocycles. The standard InChI is InChI=1S/C18H21N5O2/c1-10-11(2)13(4)15(14(5)12(10)3)8-19-16-6-7-17-20-9-18(23(24)25)22(17)21-16/h6-7,9H,8H2,1-5H3,(H,19,21). The highest BCUT2D eigenvalue weighted by molar-refractivity contribution is 5.52. The van der Waals surface area contributed by atoms with Gasteiger partial charge in [-0.15, -0.1) is 0 Å². The van der Waals surface area contributed by atoms with Crippen LogP contribution in [-0.2, 0) is 6.54 Å². The number of fused-ring (bicyclic) bond motifs is 1. The van der Waals surface area contributed by atoms with Crippen molar-refractivity contribution >= 4 is 17.3 Å². The normalized spacial score (nSPS) is 11.1. The average Bonchev–Trinajstić information content (AvgIpc) is 3.01. The monoisotopic (exact) mass is 339 g/mol. The maximum atomic E-state index is 11.0. The van der Waals surface area contributed by atoms with Crippen LogP contribution < -0.4 is 5.32 Å². The molecule has 25 heavy (non-hydrogen) atoms. The number of anilines is 1. The van der Waals surface area contributed by atoms with Gasteiger partial charge in [-0.3, -0.25) is 0 Å². The average molecular weight is 339 g/mol. The maximum Gasteiger partial charge on any atom is 0.368 e. The van der Waals surface area contributed by atoms with Gasteiger partial charge in [-0.2, -0.15) is 0 Å². The van der Waals surface area contributed by atoms with Crippen molar-refractivity contribution < 1.29 is 4.92 Å². The van der Waals surface area contributed by atoms with E-state index in [1.54, 1.807) is 12.1 Å². The van der Waals surface area contributed by atoms with E-state index in [0.717, 1.165) is 0 Å². The van der Waals surface area contributed by atoms with E-state index in [9.17, 15) is 10.1 Å². The lowest BCUT2D eigenvalue weighted by molar-refractivity contribution is -0.391. The van der Waals surface area contributed by atoms with Crippen LogP contribution in [0.1, 0.15) is 33.4 Å². The van der Waals surface area contributed by atoms with Gasteiger partial charge in [0.05, 0.1) is 0 Å². The molecule has 0 unspecified atom stereocenters. The fraction of sp³-hybridized carbons (Fsp3) is 0.333. The number of hydrogen-bond donors (Lipinski definition) is 1. The SMILES string of the molecule is Cc1c(C)c(C)c(CNc2ccc3ncc([N+](=O)[O-])n3n2)c(C)c1C. The summed E-state index contributed by atoms with van der Waals surface area (Å²) in [6, 6.07) is 3.50. The Bertz CT molecular complexity index is 962. The van der Waals surface area contributed by atoms with Crippen LogP contribution in [0.3, 0.4) is 0 Å². The van der Waals surface area contributed by atoms with Crippen LogP contribution in [0.25, 0.3) is 5.65 Å². The van der Waals surface area contributed by atoms with Gasteiger partial charge in [0.25, 0.3) is 0 Å². The van der Waals surface area contributed by atoms with E-state index in [0.29, 0.717) is 18.0 Å². The number of imidazole rings is 1. The number of hydrogen-bond acceptors (Lipinski definition) is 5. The zero-order valence-corrected chi connectivity index (χ0v) is 15.0. The van der Waals surface area contributed by atoms with Gasteiger partial charge in [0, 0.05) is 12.6 Å². The predicted molar refractivity (Wildman–Crippen MR) is 97.1 cm³/mol. The molecule has 130 valence electrons. The Morgan fingerprint density at radius 3 is 2.24 bits per heavy atom. The second-order valence-electron chi connectivity index (χ2n) is 6.32. The van der Waals surface area contributed by atoms with Crippen molar-refractivity contribution in [2.45, 2.75) is 41.2 Å². The van der Waals surface area contributed by atoms with E-state index >= 15 is 0 Å². The molecule has 0 radical (unpaired) electrons. The van der Waals surface area contributed by atoms with Crippen LogP contribution in [0.5, 0.6) is 0 Å². The van der Waals surface area contributed by atoms with Crippen molar-refractivity contribution in [1.82, 2.24) is 14.6 Å². The highest BCUT2D eigenvalue weighted by Crippen LogP contribution is 2.26. The molecule has 7 heteroatoms.